The number of β-amino-alcohol motifs (C(OH)–C–C–N with tert-alkyl or cyclic N) is 1. The minimum absolute atomic E-state index is 0.260. The summed E-state index contributed by atoms with van der Waals surface area (Å²) in [6.45, 7) is 3.20. The SMILES string of the molecule is CCCC1(O)CN(C(=O)C2CCCC2)C1. The summed E-state index contributed by atoms with van der Waals surface area (Å²) in [4.78, 5) is 13.8. The Morgan fingerprint density at radius 2 is 2.00 bits per heavy atom. The van der Waals surface area contributed by atoms with Gasteiger partial charge in [-0.3, -0.25) is 4.79 Å². The maximum absolute atomic E-state index is 11.9. The molecule has 0 bridgehead atoms. The van der Waals surface area contributed by atoms with Crippen LogP contribution >= 0.6 is 0 Å². The molecule has 0 unspecified atom stereocenters. The second kappa shape index (κ2) is 4.12. The standard InChI is InChI=1S/C12H21NO2/c1-2-7-12(15)8-13(9-12)11(14)10-5-3-4-6-10/h10,15H,2-9H2,1H3. The molecule has 15 heavy (non-hydrogen) atoms. The van der Waals surface area contributed by atoms with Crippen LogP contribution in [-0.2, 0) is 4.79 Å². The minimum Gasteiger partial charge on any atom is -0.386 e. The van der Waals surface area contributed by atoms with Gasteiger partial charge >= 0.3 is 0 Å². The van der Waals surface area contributed by atoms with Crippen molar-refractivity contribution < 1.29 is 9.90 Å². The Hall–Kier alpha value is -0.570. The first-order valence-corrected chi connectivity index (χ1v) is 6.16. The zero-order chi connectivity index (χ0) is 10.9. The molecule has 1 aliphatic heterocycles. The molecule has 2 aliphatic rings. The van der Waals surface area contributed by atoms with Crippen LogP contribution in [0.15, 0.2) is 0 Å². The number of carbonyl (C=O) groups excluding carboxylic acids is 1. The maximum Gasteiger partial charge on any atom is 0.225 e. The molecule has 3 heteroatoms. The van der Waals surface area contributed by atoms with E-state index in [0.717, 1.165) is 25.7 Å². The lowest BCUT2D eigenvalue weighted by Crippen LogP contribution is -2.64. The Kier molecular flexibility index (Phi) is 3.01. The lowest BCUT2D eigenvalue weighted by Gasteiger charge is -2.47. The third kappa shape index (κ3) is 2.17. The number of hydrogen-bond donors (Lipinski definition) is 1. The second-order valence-corrected chi connectivity index (χ2v) is 5.15. The fourth-order valence-electron chi connectivity index (χ4n) is 2.87. The number of nitrogens with zero attached hydrogens (tertiary/aromatic N) is 1. The molecule has 1 amide bonds. The van der Waals surface area contributed by atoms with E-state index in [1.165, 1.54) is 12.8 Å². The maximum atomic E-state index is 11.9. The molecule has 1 saturated heterocycles. The molecule has 0 spiro atoms. The van der Waals surface area contributed by atoms with Gasteiger partial charge in [-0.2, -0.15) is 0 Å². The van der Waals surface area contributed by atoms with Crippen molar-refractivity contribution in [3.8, 4) is 0 Å². The number of carbonyl (C=O) groups is 1. The number of aliphatic hydroxyl groups is 1. The number of rotatable bonds is 3. The summed E-state index contributed by atoms with van der Waals surface area (Å²) in [5, 5.41) is 9.98. The summed E-state index contributed by atoms with van der Waals surface area (Å²) in [5.74, 6) is 0.546. The first-order valence-electron chi connectivity index (χ1n) is 6.16. The molecule has 1 aliphatic carbocycles. The Morgan fingerprint density at radius 1 is 1.40 bits per heavy atom. The minimum atomic E-state index is -0.566. The van der Waals surface area contributed by atoms with E-state index in [1.54, 1.807) is 0 Å². The van der Waals surface area contributed by atoms with Gasteiger partial charge in [0, 0.05) is 5.92 Å². The van der Waals surface area contributed by atoms with Gasteiger partial charge in [0.15, 0.2) is 0 Å². The summed E-state index contributed by atoms with van der Waals surface area (Å²) in [5.41, 5.74) is -0.566. The van der Waals surface area contributed by atoms with E-state index in [9.17, 15) is 9.90 Å². The average molecular weight is 211 g/mol. The van der Waals surface area contributed by atoms with E-state index >= 15 is 0 Å². The molecule has 1 heterocycles. The van der Waals surface area contributed by atoms with Gasteiger partial charge in [-0.1, -0.05) is 26.2 Å². The van der Waals surface area contributed by atoms with Crippen LogP contribution in [0.1, 0.15) is 45.4 Å². The summed E-state index contributed by atoms with van der Waals surface area (Å²) >= 11 is 0. The van der Waals surface area contributed by atoms with E-state index in [2.05, 4.69) is 6.92 Å². The molecule has 0 radical (unpaired) electrons. The fourth-order valence-corrected chi connectivity index (χ4v) is 2.87. The molecular weight excluding hydrogens is 190 g/mol. The van der Waals surface area contributed by atoms with Gasteiger partial charge in [0.05, 0.1) is 18.7 Å². The van der Waals surface area contributed by atoms with Gasteiger partial charge in [-0.15, -0.1) is 0 Å². The molecule has 2 rings (SSSR count). The number of likely N-dealkylation sites (tertiary alicyclic amines) is 1. The summed E-state index contributed by atoms with van der Waals surface area (Å²) in [6.07, 6.45) is 6.32. The van der Waals surface area contributed by atoms with Crippen LogP contribution in [0, 0.1) is 5.92 Å². The topological polar surface area (TPSA) is 40.5 Å². The van der Waals surface area contributed by atoms with Crippen molar-refractivity contribution in [3.05, 3.63) is 0 Å². The van der Waals surface area contributed by atoms with Crippen LogP contribution < -0.4 is 0 Å². The largest absolute Gasteiger partial charge is 0.386 e. The molecule has 0 aromatic rings. The first-order chi connectivity index (χ1) is 7.14. The lowest BCUT2D eigenvalue weighted by molar-refractivity contribution is -0.160. The smallest absolute Gasteiger partial charge is 0.225 e. The molecule has 1 saturated carbocycles. The van der Waals surface area contributed by atoms with Gasteiger partial charge in [0.25, 0.3) is 0 Å². The van der Waals surface area contributed by atoms with Gasteiger partial charge in [0.1, 0.15) is 0 Å². The van der Waals surface area contributed by atoms with Gasteiger partial charge in [0.2, 0.25) is 5.91 Å². The lowest BCUT2D eigenvalue weighted by atomic mass is 9.88. The van der Waals surface area contributed by atoms with Crippen molar-refractivity contribution in [1.82, 2.24) is 4.90 Å². The van der Waals surface area contributed by atoms with Crippen molar-refractivity contribution in [3.63, 3.8) is 0 Å². The van der Waals surface area contributed by atoms with Crippen molar-refractivity contribution in [2.75, 3.05) is 13.1 Å². The molecular formula is C12H21NO2. The van der Waals surface area contributed by atoms with E-state index in [1.807, 2.05) is 4.90 Å². The normalized spacial score (nSPS) is 25.3. The van der Waals surface area contributed by atoms with Crippen LogP contribution in [0.5, 0.6) is 0 Å². The first kappa shape index (κ1) is 10.9. The van der Waals surface area contributed by atoms with Gasteiger partial charge < -0.3 is 10.0 Å². The van der Waals surface area contributed by atoms with Crippen molar-refractivity contribution >= 4 is 5.91 Å². The quantitative estimate of drug-likeness (QED) is 0.769. The van der Waals surface area contributed by atoms with Crippen molar-refractivity contribution in [2.24, 2.45) is 5.92 Å². The number of hydrogen-bond acceptors (Lipinski definition) is 2. The molecule has 86 valence electrons. The zero-order valence-electron chi connectivity index (χ0n) is 9.54. The Morgan fingerprint density at radius 3 is 2.53 bits per heavy atom. The molecule has 0 atom stereocenters. The molecule has 3 nitrogen and oxygen atoms in total. The van der Waals surface area contributed by atoms with Crippen LogP contribution in [0.4, 0.5) is 0 Å². The molecule has 0 aromatic heterocycles. The summed E-state index contributed by atoms with van der Waals surface area (Å²) < 4.78 is 0. The van der Waals surface area contributed by atoms with E-state index in [0.29, 0.717) is 13.1 Å². The third-order valence-corrected chi connectivity index (χ3v) is 3.70. The highest BCUT2D eigenvalue weighted by Crippen LogP contribution is 2.32. The van der Waals surface area contributed by atoms with Crippen molar-refractivity contribution in [2.45, 2.75) is 51.0 Å². The highest BCUT2D eigenvalue weighted by molar-refractivity contribution is 5.80. The van der Waals surface area contributed by atoms with Gasteiger partial charge in [-0.25, -0.2) is 0 Å². The third-order valence-electron chi connectivity index (χ3n) is 3.70. The summed E-state index contributed by atoms with van der Waals surface area (Å²) in [6, 6.07) is 0. The monoisotopic (exact) mass is 211 g/mol. The van der Waals surface area contributed by atoms with Crippen LogP contribution in [0.2, 0.25) is 0 Å². The Labute approximate surface area is 91.5 Å². The Bertz CT molecular complexity index is 240. The number of amides is 1. The second-order valence-electron chi connectivity index (χ2n) is 5.15. The highest BCUT2D eigenvalue weighted by Gasteiger charge is 2.44. The Balaban J connectivity index is 1.80. The van der Waals surface area contributed by atoms with E-state index in [-0.39, 0.29) is 11.8 Å². The van der Waals surface area contributed by atoms with E-state index in [4.69, 9.17) is 0 Å². The molecule has 1 N–H and O–H groups in total. The van der Waals surface area contributed by atoms with Crippen LogP contribution in [0.3, 0.4) is 0 Å². The van der Waals surface area contributed by atoms with Crippen LogP contribution in [0.25, 0.3) is 0 Å². The van der Waals surface area contributed by atoms with E-state index < -0.39 is 5.60 Å². The fraction of sp³-hybridized carbons (Fsp3) is 0.917. The van der Waals surface area contributed by atoms with Gasteiger partial charge in [-0.05, 0) is 19.3 Å². The molecule has 2 fully saturated rings. The predicted molar refractivity (Wildman–Crippen MR) is 58.4 cm³/mol. The average Bonchev–Trinajstić information content (AvgIpc) is 2.66. The zero-order valence-corrected chi connectivity index (χ0v) is 9.54. The van der Waals surface area contributed by atoms with Crippen LogP contribution in [-0.4, -0.2) is 34.6 Å². The highest BCUT2D eigenvalue weighted by atomic mass is 16.3. The van der Waals surface area contributed by atoms with Crippen molar-refractivity contribution in [1.29, 1.82) is 0 Å². The predicted octanol–water partition coefficient (Wildman–Crippen LogP) is 1.55. The molecule has 0 aromatic carbocycles. The summed E-state index contributed by atoms with van der Waals surface area (Å²) in [7, 11) is 0.